The van der Waals surface area contributed by atoms with Gasteiger partial charge in [0.2, 0.25) is 0 Å². The number of carbonyl (C=O) groups excluding carboxylic acids is 2. The number of H-pyrrole nitrogens is 1. The lowest BCUT2D eigenvalue weighted by molar-refractivity contribution is -0.158. The Hall–Kier alpha value is -2.42. The maximum absolute atomic E-state index is 12.6. The maximum Gasteiger partial charge on any atom is 0.330 e. The van der Waals surface area contributed by atoms with Gasteiger partial charge in [0.25, 0.3) is 5.56 Å². The summed E-state index contributed by atoms with van der Waals surface area (Å²) in [4.78, 5) is 51.9. The average Bonchev–Trinajstić information content (AvgIpc) is 3.24. The van der Waals surface area contributed by atoms with Crippen LogP contribution in [0.2, 0.25) is 0 Å². The minimum atomic E-state index is -0.735. The van der Waals surface area contributed by atoms with E-state index in [0.717, 1.165) is 64.2 Å². The van der Waals surface area contributed by atoms with Gasteiger partial charge in [-0.2, -0.15) is 0 Å². The fourth-order valence-corrected chi connectivity index (χ4v) is 4.32. The summed E-state index contributed by atoms with van der Waals surface area (Å²) < 4.78 is 18.5. The summed E-state index contributed by atoms with van der Waals surface area (Å²) in [5.41, 5.74) is -0.442. The minimum absolute atomic E-state index is 0.0592. The van der Waals surface area contributed by atoms with Crippen LogP contribution in [0.1, 0.15) is 116 Å². The van der Waals surface area contributed by atoms with Crippen LogP contribution >= 0.6 is 0 Å². The van der Waals surface area contributed by atoms with Gasteiger partial charge in [0.05, 0.1) is 0 Å². The Morgan fingerprint density at radius 3 is 2.25 bits per heavy atom. The van der Waals surface area contributed by atoms with E-state index in [1.807, 2.05) is 0 Å². The van der Waals surface area contributed by atoms with E-state index in [1.165, 1.54) is 4.57 Å². The zero-order valence-electron chi connectivity index (χ0n) is 22.2. The molecule has 0 amide bonds. The van der Waals surface area contributed by atoms with Crippen molar-refractivity contribution in [3.05, 3.63) is 32.6 Å². The topological polar surface area (TPSA) is 117 Å². The molecule has 0 saturated carbocycles. The molecule has 204 valence electrons. The van der Waals surface area contributed by atoms with Crippen LogP contribution in [0.3, 0.4) is 0 Å². The van der Waals surface area contributed by atoms with Crippen molar-refractivity contribution in [1.29, 1.82) is 0 Å². The molecule has 9 nitrogen and oxygen atoms in total. The number of ether oxygens (including phenoxy) is 3. The molecule has 0 spiro atoms. The third-order valence-electron chi connectivity index (χ3n) is 6.49. The van der Waals surface area contributed by atoms with Crippen molar-refractivity contribution < 1.29 is 23.8 Å². The van der Waals surface area contributed by atoms with Crippen molar-refractivity contribution in [2.45, 2.75) is 129 Å². The van der Waals surface area contributed by atoms with E-state index in [0.29, 0.717) is 24.8 Å². The van der Waals surface area contributed by atoms with Gasteiger partial charge in [0, 0.05) is 31.0 Å². The Morgan fingerprint density at radius 2 is 1.58 bits per heavy atom. The van der Waals surface area contributed by atoms with Crippen LogP contribution in [0.5, 0.6) is 0 Å². The van der Waals surface area contributed by atoms with Gasteiger partial charge < -0.3 is 14.2 Å². The fourth-order valence-electron chi connectivity index (χ4n) is 4.32. The van der Waals surface area contributed by atoms with E-state index in [2.05, 4.69) is 25.8 Å². The molecule has 0 aliphatic carbocycles. The first kappa shape index (κ1) is 29.8. The number of aromatic amines is 1. The highest BCUT2D eigenvalue weighted by Gasteiger charge is 2.40. The smallest absolute Gasteiger partial charge is 0.330 e. The first-order valence-corrected chi connectivity index (χ1v) is 13.7. The molecule has 0 unspecified atom stereocenters. The predicted molar refractivity (Wildman–Crippen MR) is 137 cm³/mol. The Kier molecular flexibility index (Phi) is 13.5. The number of nitrogens with one attached hydrogen (secondary N) is 1. The number of rotatable bonds is 17. The summed E-state index contributed by atoms with van der Waals surface area (Å²) in [5.74, 6) is -0.651. The van der Waals surface area contributed by atoms with E-state index < -0.39 is 24.1 Å². The molecule has 1 N–H and O–H groups in total. The standard InChI is InChI=1S/C27H44N2O7/c1-4-7-10-13-14-20-18-29(27(33)28-26(20)32)23-17-21(36-25(31)16-12-9-6-3)22(35-23)19-34-24(30)15-11-8-5-2/h18,21-23H,4-17,19H2,1-3H3,(H,28,32,33)/t21-,22+,23+/m0/s1. The molecule has 0 radical (unpaired) electrons. The molecule has 1 saturated heterocycles. The lowest BCUT2D eigenvalue weighted by Gasteiger charge is -2.19. The van der Waals surface area contributed by atoms with E-state index in [9.17, 15) is 19.2 Å². The number of aromatic nitrogens is 2. The van der Waals surface area contributed by atoms with E-state index in [4.69, 9.17) is 14.2 Å². The zero-order chi connectivity index (χ0) is 26.3. The summed E-state index contributed by atoms with van der Waals surface area (Å²) >= 11 is 0. The average molecular weight is 509 g/mol. The quantitative estimate of drug-likeness (QED) is 0.242. The van der Waals surface area contributed by atoms with Crippen molar-refractivity contribution in [2.75, 3.05) is 6.61 Å². The Labute approximate surface area is 213 Å². The molecule has 3 atom stereocenters. The summed E-state index contributed by atoms with van der Waals surface area (Å²) in [6.07, 6.45) is 10.3. The summed E-state index contributed by atoms with van der Waals surface area (Å²) in [6.45, 7) is 6.19. The minimum Gasteiger partial charge on any atom is -0.463 e. The Morgan fingerprint density at radius 1 is 0.944 bits per heavy atom. The molecular formula is C27H44N2O7. The third kappa shape index (κ3) is 9.91. The number of aryl methyl sites for hydroxylation is 1. The number of esters is 2. The fraction of sp³-hybridized carbons (Fsp3) is 0.778. The highest BCUT2D eigenvalue weighted by atomic mass is 16.6. The second kappa shape index (κ2) is 16.3. The number of hydrogen-bond acceptors (Lipinski definition) is 7. The van der Waals surface area contributed by atoms with Gasteiger partial charge in [-0.25, -0.2) is 4.79 Å². The molecule has 2 heterocycles. The van der Waals surface area contributed by atoms with E-state index >= 15 is 0 Å². The van der Waals surface area contributed by atoms with Crippen molar-refractivity contribution in [1.82, 2.24) is 9.55 Å². The SMILES string of the molecule is CCCCCCc1cn([C@H]2C[C@H](OC(=O)CCCCC)[C@@H](COC(=O)CCCCC)O2)c(=O)[nH]c1=O. The highest BCUT2D eigenvalue weighted by molar-refractivity contribution is 5.70. The molecule has 1 aromatic rings. The first-order valence-electron chi connectivity index (χ1n) is 13.7. The van der Waals surface area contributed by atoms with Gasteiger partial charge >= 0.3 is 17.6 Å². The third-order valence-corrected chi connectivity index (χ3v) is 6.49. The largest absolute Gasteiger partial charge is 0.463 e. The summed E-state index contributed by atoms with van der Waals surface area (Å²) in [6, 6.07) is 0. The van der Waals surface area contributed by atoms with Gasteiger partial charge in [-0.15, -0.1) is 0 Å². The molecule has 0 bridgehead atoms. The molecule has 2 rings (SSSR count). The van der Waals surface area contributed by atoms with Crippen LogP contribution < -0.4 is 11.2 Å². The molecule has 1 aliphatic rings. The molecule has 1 aromatic heterocycles. The van der Waals surface area contributed by atoms with Crippen molar-refractivity contribution in [3.63, 3.8) is 0 Å². The second-order valence-corrected chi connectivity index (χ2v) is 9.62. The maximum atomic E-state index is 12.6. The second-order valence-electron chi connectivity index (χ2n) is 9.62. The number of nitrogens with zero attached hydrogens (tertiary/aromatic N) is 1. The van der Waals surface area contributed by atoms with Crippen LogP contribution in [0, 0.1) is 0 Å². The Balaban J connectivity index is 2.11. The summed E-state index contributed by atoms with van der Waals surface area (Å²) in [7, 11) is 0. The van der Waals surface area contributed by atoms with Gasteiger partial charge in [-0.05, 0) is 25.7 Å². The Bertz CT molecular complexity index is 923. The predicted octanol–water partition coefficient (Wildman–Crippen LogP) is 4.56. The zero-order valence-corrected chi connectivity index (χ0v) is 22.2. The normalized spacial score (nSPS) is 19.4. The first-order chi connectivity index (χ1) is 17.4. The van der Waals surface area contributed by atoms with Gasteiger partial charge in [0.15, 0.2) is 0 Å². The number of hydrogen-bond donors (Lipinski definition) is 1. The van der Waals surface area contributed by atoms with Crippen molar-refractivity contribution >= 4 is 11.9 Å². The molecule has 36 heavy (non-hydrogen) atoms. The van der Waals surface area contributed by atoms with Crippen molar-refractivity contribution in [3.8, 4) is 0 Å². The number of unbranched alkanes of at least 4 members (excludes halogenated alkanes) is 7. The molecular weight excluding hydrogens is 464 g/mol. The van der Waals surface area contributed by atoms with Gasteiger partial charge in [-0.1, -0.05) is 65.7 Å². The van der Waals surface area contributed by atoms with Crippen LogP contribution in [0.25, 0.3) is 0 Å². The molecule has 9 heteroatoms. The lowest BCUT2D eigenvalue weighted by Crippen LogP contribution is -2.34. The van der Waals surface area contributed by atoms with Gasteiger partial charge in [0.1, 0.15) is 25.0 Å². The van der Waals surface area contributed by atoms with Gasteiger partial charge in [-0.3, -0.25) is 23.9 Å². The molecule has 0 aromatic carbocycles. The monoisotopic (exact) mass is 508 g/mol. The lowest BCUT2D eigenvalue weighted by atomic mass is 10.1. The van der Waals surface area contributed by atoms with Crippen LogP contribution in [0.4, 0.5) is 0 Å². The van der Waals surface area contributed by atoms with E-state index in [1.54, 1.807) is 6.20 Å². The highest BCUT2D eigenvalue weighted by Crippen LogP contribution is 2.31. The van der Waals surface area contributed by atoms with E-state index in [-0.39, 0.29) is 30.5 Å². The van der Waals surface area contributed by atoms with Crippen LogP contribution in [0.15, 0.2) is 15.8 Å². The van der Waals surface area contributed by atoms with Crippen LogP contribution in [-0.4, -0.2) is 40.3 Å². The van der Waals surface area contributed by atoms with Crippen LogP contribution in [-0.2, 0) is 30.2 Å². The molecule has 1 fully saturated rings. The van der Waals surface area contributed by atoms with Crippen molar-refractivity contribution in [2.24, 2.45) is 0 Å². The summed E-state index contributed by atoms with van der Waals surface area (Å²) in [5, 5.41) is 0. The number of carbonyl (C=O) groups is 2. The molecule has 1 aliphatic heterocycles.